The normalized spacial score (nSPS) is 10.7. The average Bonchev–Trinajstić information content (AvgIpc) is 3.08. The van der Waals surface area contributed by atoms with Gasteiger partial charge in [0.05, 0.1) is 26.8 Å². The van der Waals surface area contributed by atoms with E-state index in [1.54, 1.807) is 18.6 Å². The van der Waals surface area contributed by atoms with E-state index in [-0.39, 0.29) is 11.5 Å². The maximum atomic E-state index is 13.0. The first kappa shape index (κ1) is 22.7. The summed E-state index contributed by atoms with van der Waals surface area (Å²) in [6.45, 7) is 1.95. The largest absolute Gasteiger partial charge is 0.496 e. The molecular formula is C20H14I3NO4S. The molecule has 0 unspecified atom stereocenters. The van der Waals surface area contributed by atoms with Crippen LogP contribution in [0.1, 0.15) is 26.3 Å². The highest BCUT2D eigenvalue weighted by Gasteiger charge is 2.24. The first-order valence-corrected chi connectivity index (χ1v) is 12.3. The van der Waals surface area contributed by atoms with Crippen LogP contribution in [0.25, 0.3) is 10.4 Å². The van der Waals surface area contributed by atoms with Gasteiger partial charge in [0, 0.05) is 12.5 Å². The van der Waals surface area contributed by atoms with Gasteiger partial charge in [-0.3, -0.25) is 4.79 Å². The predicted octanol–water partition coefficient (Wildman–Crippen LogP) is 6.50. The number of ether oxygens (including phenoxy) is 1. The summed E-state index contributed by atoms with van der Waals surface area (Å²) in [5.41, 5.74) is 2.74. The molecule has 0 aliphatic heterocycles. The minimum atomic E-state index is -1.08. The van der Waals surface area contributed by atoms with E-state index in [1.807, 2.05) is 31.2 Å². The zero-order valence-corrected chi connectivity index (χ0v) is 22.5. The maximum absolute atomic E-state index is 13.0. The van der Waals surface area contributed by atoms with E-state index in [1.165, 1.54) is 11.3 Å². The molecule has 0 fully saturated rings. The second-order valence-electron chi connectivity index (χ2n) is 6.05. The summed E-state index contributed by atoms with van der Waals surface area (Å²) in [7, 11) is 1.58. The second kappa shape index (κ2) is 9.47. The van der Waals surface area contributed by atoms with Gasteiger partial charge in [0.2, 0.25) is 0 Å². The molecule has 2 aromatic carbocycles. The molecule has 0 aliphatic rings. The lowest BCUT2D eigenvalue weighted by molar-refractivity contribution is 0.0699. The van der Waals surface area contributed by atoms with Crippen LogP contribution in [0.3, 0.4) is 0 Å². The number of halogens is 3. The predicted molar refractivity (Wildman–Crippen MR) is 141 cm³/mol. The minimum absolute atomic E-state index is 0.0992. The lowest BCUT2D eigenvalue weighted by Crippen LogP contribution is -2.17. The summed E-state index contributed by atoms with van der Waals surface area (Å²) < 4.78 is 7.67. The molecule has 5 nitrogen and oxygen atoms in total. The van der Waals surface area contributed by atoms with Crippen LogP contribution in [0.15, 0.2) is 35.7 Å². The number of carboxylic acid groups (broad SMARTS) is 1. The Hall–Kier alpha value is -0.930. The van der Waals surface area contributed by atoms with Gasteiger partial charge >= 0.3 is 5.97 Å². The Morgan fingerprint density at radius 3 is 2.45 bits per heavy atom. The average molecular weight is 745 g/mol. The number of hydrogen-bond donors (Lipinski definition) is 2. The number of methoxy groups -OCH3 is 1. The molecule has 1 aromatic heterocycles. The van der Waals surface area contributed by atoms with Crippen molar-refractivity contribution in [1.29, 1.82) is 0 Å². The number of carboxylic acids is 1. The van der Waals surface area contributed by atoms with Crippen molar-refractivity contribution in [3.63, 3.8) is 0 Å². The first-order valence-electron chi connectivity index (χ1n) is 8.19. The standard InChI is InChI=1S/C20H14I3NO4S/c1-9-4-3-5-10(6-9)18-15(20(26)27)12(8-29-18)24-19(25)14-11(21)7-13(28-2)16(22)17(14)23/h3-8H,1-2H3,(H,24,25)(H,26,27). The fraction of sp³-hybridized carbons (Fsp3) is 0.100. The molecule has 2 N–H and O–H groups in total. The van der Waals surface area contributed by atoms with Gasteiger partial charge < -0.3 is 15.2 Å². The first-order chi connectivity index (χ1) is 13.7. The van der Waals surface area contributed by atoms with Crippen LogP contribution in [0.5, 0.6) is 5.75 Å². The molecule has 1 amide bonds. The third-order valence-electron chi connectivity index (χ3n) is 4.11. The Morgan fingerprint density at radius 2 is 1.83 bits per heavy atom. The summed E-state index contributed by atoms with van der Waals surface area (Å²) in [6, 6.07) is 9.44. The van der Waals surface area contributed by atoms with Crippen LogP contribution < -0.4 is 10.1 Å². The van der Waals surface area contributed by atoms with Gasteiger partial charge in [-0.1, -0.05) is 29.8 Å². The molecule has 1 heterocycles. The third kappa shape index (κ3) is 4.71. The van der Waals surface area contributed by atoms with E-state index >= 15 is 0 Å². The van der Waals surface area contributed by atoms with Crippen molar-refractivity contribution in [2.24, 2.45) is 0 Å². The Labute approximate surface area is 212 Å². The topological polar surface area (TPSA) is 75.6 Å². The molecule has 9 heteroatoms. The van der Waals surface area contributed by atoms with Crippen molar-refractivity contribution in [3.05, 3.63) is 63.1 Å². The van der Waals surface area contributed by atoms with E-state index in [0.717, 1.165) is 21.8 Å². The number of thiophene rings is 1. The summed E-state index contributed by atoms with van der Waals surface area (Å²) in [4.78, 5) is 25.6. The minimum Gasteiger partial charge on any atom is -0.496 e. The van der Waals surface area contributed by atoms with Gasteiger partial charge in [0.25, 0.3) is 5.91 Å². The summed E-state index contributed by atoms with van der Waals surface area (Å²) in [5, 5.41) is 14.3. The molecule has 3 aromatic rings. The monoisotopic (exact) mass is 745 g/mol. The van der Waals surface area contributed by atoms with Crippen molar-refractivity contribution in [2.75, 3.05) is 12.4 Å². The SMILES string of the molecule is COc1cc(I)c(C(=O)Nc2csc(-c3cccc(C)c3)c2C(=O)O)c(I)c1I. The Kier molecular flexibility index (Phi) is 7.43. The Morgan fingerprint density at radius 1 is 1.10 bits per heavy atom. The number of carbonyl (C=O) groups is 2. The number of nitrogens with one attached hydrogen (secondary N) is 1. The van der Waals surface area contributed by atoms with Crippen molar-refractivity contribution in [3.8, 4) is 16.2 Å². The third-order valence-corrected chi connectivity index (χ3v) is 9.17. The zero-order chi connectivity index (χ0) is 21.3. The maximum Gasteiger partial charge on any atom is 0.339 e. The number of rotatable bonds is 5. The van der Waals surface area contributed by atoms with Gasteiger partial charge in [-0.2, -0.15) is 0 Å². The van der Waals surface area contributed by atoms with E-state index in [0.29, 0.717) is 21.9 Å². The van der Waals surface area contributed by atoms with Crippen LogP contribution in [-0.2, 0) is 0 Å². The smallest absolute Gasteiger partial charge is 0.339 e. The van der Waals surface area contributed by atoms with Crippen LogP contribution in [-0.4, -0.2) is 24.1 Å². The molecule has 0 saturated carbocycles. The second-order valence-corrected chi connectivity index (χ2v) is 10.2. The van der Waals surface area contributed by atoms with Crippen LogP contribution in [0.4, 0.5) is 5.69 Å². The van der Waals surface area contributed by atoms with Crippen LogP contribution in [0, 0.1) is 17.6 Å². The summed E-state index contributed by atoms with van der Waals surface area (Å²) >= 11 is 7.63. The van der Waals surface area contributed by atoms with Gasteiger partial charge in [-0.25, -0.2) is 4.79 Å². The quantitative estimate of drug-likeness (QED) is 0.231. The van der Waals surface area contributed by atoms with Crippen molar-refractivity contribution in [2.45, 2.75) is 6.92 Å². The molecule has 0 atom stereocenters. The van der Waals surface area contributed by atoms with E-state index in [2.05, 4.69) is 73.1 Å². The molecule has 29 heavy (non-hydrogen) atoms. The van der Waals surface area contributed by atoms with Gasteiger partial charge in [0.15, 0.2) is 0 Å². The van der Waals surface area contributed by atoms with E-state index in [4.69, 9.17) is 4.74 Å². The number of aromatic carboxylic acids is 1. The highest BCUT2D eigenvalue weighted by Crippen LogP contribution is 2.38. The Bertz CT molecular complexity index is 1130. The number of aryl methyl sites for hydroxylation is 1. The van der Waals surface area contributed by atoms with Gasteiger partial charge in [-0.05, 0) is 86.3 Å². The van der Waals surface area contributed by atoms with Crippen molar-refractivity contribution < 1.29 is 19.4 Å². The fourth-order valence-corrected chi connectivity index (χ4v) is 6.53. The number of benzene rings is 2. The lowest BCUT2D eigenvalue weighted by Gasteiger charge is -2.13. The highest BCUT2D eigenvalue weighted by molar-refractivity contribution is 14.1. The summed E-state index contributed by atoms with van der Waals surface area (Å²) in [5.74, 6) is -0.735. The lowest BCUT2D eigenvalue weighted by atomic mass is 10.1. The molecule has 0 spiro atoms. The van der Waals surface area contributed by atoms with Crippen molar-refractivity contribution >= 4 is 96.7 Å². The number of carbonyl (C=O) groups excluding carboxylic acids is 1. The Balaban J connectivity index is 2.03. The van der Waals surface area contributed by atoms with E-state index in [9.17, 15) is 14.7 Å². The zero-order valence-electron chi connectivity index (χ0n) is 15.2. The van der Waals surface area contributed by atoms with E-state index < -0.39 is 5.97 Å². The molecular weight excluding hydrogens is 731 g/mol. The summed E-state index contributed by atoms with van der Waals surface area (Å²) in [6.07, 6.45) is 0. The molecule has 0 saturated heterocycles. The number of hydrogen-bond acceptors (Lipinski definition) is 4. The molecule has 0 radical (unpaired) electrons. The van der Waals surface area contributed by atoms with Gasteiger partial charge in [-0.15, -0.1) is 11.3 Å². The molecule has 0 aliphatic carbocycles. The number of anilines is 1. The van der Waals surface area contributed by atoms with Gasteiger partial charge in [0.1, 0.15) is 11.3 Å². The van der Waals surface area contributed by atoms with Crippen LogP contribution >= 0.6 is 79.1 Å². The van der Waals surface area contributed by atoms with Crippen molar-refractivity contribution in [1.82, 2.24) is 0 Å². The molecule has 3 rings (SSSR count). The van der Waals surface area contributed by atoms with Crippen LogP contribution in [0.2, 0.25) is 0 Å². The highest BCUT2D eigenvalue weighted by atomic mass is 127. The fourth-order valence-electron chi connectivity index (χ4n) is 2.78. The molecule has 0 bridgehead atoms. The molecule has 150 valence electrons. The number of amides is 1.